The van der Waals surface area contributed by atoms with Crippen molar-refractivity contribution in [3.63, 3.8) is 0 Å². The zero-order valence-corrected chi connectivity index (χ0v) is 11.3. The molecule has 0 aromatic rings. The third-order valence-electron chi connectivity index (χ3n) is 3.31. The molecule has 16 heavy (non-hydrogen) atoms. The maximum Gasteiger partial charge on any atom is 0.216 e. The van der Waals surface area contributed by atoms with Crippen LogP contribution in [-0.2, 0) is 10.0 Å². The molecule has 0 bridgehead atoms. The summed E-state index contributed by atoms with van der Waals surface area (Å²) in [6.07, 6.45) is 4.38. The Balaban J connectivity index is 2.51. The van der Waals surface area contributed by atoms with Gasteiger partial charge >= 0.3 is 0 Å². The minimum absolute atomic E-state index is 0.149. The van der Waals surface area contributed by atoms with Crippen molar-refractivity contribution in [2.45, 2.75) is 57.2 Å². The SMILES string of the molecule is CC(C)(C)S(=O)(=O)NCC1CCCCC1N. The molecule has 1 rings (SSSR count). The van der Waals surface area contributed by atoms with Crippen LogP contribution in [0.25, 0.3) is 0 Å². The lowest BCUT2D eigenvalue weighted by atomic mass is 9.85. The van der Waals surface area contributed by atoms with Crippen molar-refractivity contribution in [3.8, 4) is 0 Å². The smallest absolute Gasteiger partial charge is 0.216 e. The van der Waals surface area contributed by atoms with E-state index in [9.17, 15) is 8.42 Å². The van der Waals surface area contributed by atoms with Gasteiger partial charge in [0.2, 0.25) is 10.0 Å². The maximum absolute atomic E-state index is 11.8. The third-order valence-corrected chi connectivity index (χ3v) is 5.47. The molecule has 0 aliphatic heterocycles. The molecule has 2 atom stereocenters. The highest BCUT2D eigenvalue weighted by atomic mass is 32.2. The van der Waals surface area contributed by atoms with Gasteiger partial charge in [0.15, 0.2) is 0 Å². The van der Waals surface area contributed by atoms with E-state index in [0.29, 0.717) is 12.5 Å². The molecule has 3 N–H and O–H groups in total. The molecule has 2 unspecified atom stereocenters. The molecule has 0 heterocycles. The Kier molecular flexibility index (Phi) is 4.37. The molecule has 1 aliphatic rings. The number of hydrogen-bond donors (Lipinski definition) is 2. The van der Waals surface area contributed by atoms with Crippen LogP contribution in [0.3, 0.4) is 0 Å². The predicted molar refractivity (Wildman–Crippen MR) is 66.6 cm³/mol. The molecule has 5 heteroatoms. The van der Waals surface area contributed by atoms with Gasteiger partial charge in [-0.3, -0.25) is 0 Å². The molecular formula is C11H24N2O2S. The van der Waals surface area contributed by atoms with Crippen molar-refractivity contribution in [2.75, 3.05) is 6.54 Å². The topological polar surface area (TPSA) is 72.2 Å². The first-order valence-electron chi connectivity index (χ1n) is 5.99. The first-order valence-corrected chi connectivity index (χ1v) is 7.47. The summed E-state index contributed by atoms with van der Waals surface area (Å²) in [6.45, 7) is 5.60. The van der Waals surface area contributed by atoms with Crippen LogP contribution < -0.4 is 10.5 Å². The van der Waals surface area contributed by atoms with Gasteiger partial charge < -0.3 is 5.73 Å². The van der Waals surface area contributed by atoms with Gasteiger partial charge in [0.1, 0.15) is 0 Å². The van der Waals surface area contributed by atoms with E-state index in [1.807, 2.05) is 0 Å². The fraction of sp³-hybridized carbons (Fsp3) is 1.00. The fourth-order valence-electron chi connectivity index (χ4n) is 1.92. The molecule has 0 spiro atoms. The van der Waals surface area contributed by atoms with E-state index < -0.39 is 14.8 Å². The zero-order valence-electron chi connectivity index (χ0n) is 10.5. The Labute approximate surface area is 99.0 Å². The van der Waals surface area contributed by atoms with Crippen molar-refractivity contribution >= 4 is 10.0 Å². The van der Waals surface area contributed by atoms with Crippen LogP contribution in [0.15, 0.2) is 0 Å². The maximum atomic E-state index is 11.8. The molecule has 96 valence electrons. The standard InChI is InChI=1S/C11H24N2O2S/c1-11(2,3)16(14,15)13-8-9-6-4-5-7-10(9)12/h9-10,13H,4-8,12H2,1-3H3. The highest BCUT2D eigenvalue weighted by Gasteiger charge is 2.30. The van der Waals surface area contributed by atoms with Gasteiger partial charge in [-0.25, -0.2) is 13.1 Å². The molecule has 0 aromatic carbocycles. The second kappa shape index (κ2) is 5.02. The van der Waals surface area contributed by atoms with Crippen LogP contribution in [0.5, 0.6) is 0 Å². The molecule has 1 fully saturated rings. The number of nitrogens with two attached hydrogens (primary N) is 1. The van der Waals surface area contributed by atoms with Crippen molar-refractivity contribution in [1.29, 1.82) is 0 Å². The van der Waals surface area contributed by atoms with E-state index in [2.05, 4.69) is 4.72 Å². The molecule has 0 aromatic heterocycles. The van der Waals surface area contributed by atoms with Crippen LogP contribution in [0.1, 0.15) is 46.5 Å². The Hall–Kier alpha value is -0.130. The average molecular weight is 248 g/mol. The van der Waals surface area contributed by atoms with Crippen LogP contribution in [-0.4, -0.2) is 25.8 Å². The summed E-state index contributed by atoms with van der Waals surface area (Å²) in [5, 5.41) is 0. The Bertz CT molecular complexity index is 319. The van der Waals surface area contributed by atoms with E-state index in [0.717, 1.165) is 19.3 Å². The number of hydrogen-bond acceptors (Lipinski definition) is 3. The van der Waals surface area contributed by atoms with Gasteiger partial charge in [-0.2, -0.15) is 0 Å². The van der Waals surface area contributed by atoms with Gasteiger partial charge in [-0.15, -0.1) is 0 Å². The van der Waals surface area contributed by atoms with Gasteiger partial charge in [-0.1, -0.05) is 12.8 Å². The average Bonchev–Trinajstić information content (AvgIpc) is 2.15. The van der Waals surface area contributed by atoms with E-state index in [1.54, 1.807) is 20.8 Å². The zero-order chi connectivity index (χ0) is 12.4. The van der Waals surface area contributed by atoms with Gasteiger partial charge in [0.25, 0.3) is 0 Å². The molecule has 0 radical (unpaired) electrons. The van der Waals surface area contributed by atoms with E-state index in [1.165, 1.54) is 6.42 Å². The summed E-state index contributed by atoms with van der Waals surface area (Å²) in [7, 11) is -3.23. The lowest BCUT2D eigenvalue weighted by Gasteiger charge is -2.30. The summed E-state index contributed by atoms with van der Waals surface area (Å²) >= 11 is 0. The molecule has 4 nitrogen and oxygen atoms in total. The minimum Gasteiger partial charge on any atom is -0.327 e. The summed E-state index contributed by atoms with van der Waals surface area (Å²) in [4.78, 5) is 0. The first-order chi connectivity index (χ1) is 7.24. The molecule has 1 saturated carbocycles. The van der Waals surface area contributed by atoms with Crippen LogP contribution in [0, 0.1) is 5.92 Å². The molecule has 1 aliphatic carbocycles. The second-order valence-electron chi connectivity index (χ2n) is 5.67. The predicted octanol–water partition coefficient (Wildman–Crippen LogP) is 1.22. The summed E-state index contributed by atoms with van der Waals surface area (Å²) in [5.41, 5.74) is 5.98. The van der Waals surface area contributed by atoms with E-state index >= 15 is 0 Å². The third kappa shape index (κ3) is 3.43. The van der Waals surface area contributed by atoms with Crippen molar-refractivity contribution in [1.82, 2.24) is 4.72 Å². The van der Waals surface area contributed by atoms with Crippen molar-refractivity contribution in [3.05, 3.63) is 0 Å². The summed E-state index contributed by atoms with van der Waals surface area (Å²) in [5.74, 6) is 0.297. The number of nitrogens with one attached hydrogen (secondary N) is 1. The lowest BCUT2D eigenvalue weighted by molar-refractivity contribution is 0.307. The first kappa shape index (κ1) is 13.9. The number of sulfonamides is 1. The number of rotatable bonds is 3. The highest BCUT2D eigenvalue weighted by molar-refractivity contribution is 7.90. The Morgan fingerprint density at radius 2 is 1.81 bits per heavy atom. The Morgan fingerprint density at radius 3 is 2.31 bits per heavy atom. The lowest BCUT2D eigenvalue weighted by Crippen LogP contribution is -2.45. The Morgan fingerprint density at radius 1 is 1.25 bits per heavy atom. The van der Waals surface area contributed by atoms with Crippen LogP contribution >= 0.6 is 0 Å². The quantitative estimate of drug-likeness (QED) is 0.789. The summed E-state index contributed by atoms with van der Waals surface area (Å²) < 4.78 is 25.6. The molecular weight excluding hydrogens is 224 g/mol. The largest absolute Gasteiger partial charge is 0.327 e. The highest BCUT2D eigenvalue weighted by Crippen LogP contribution is 2.23. The normalized spacial score (nSPS) is 28.0. The minimum atomic E-state index is -3.23. The molecule has 0 amide bonds. The van der Waals surface area contributed by atoms with Crippen LogP contribution in [0.2, 0.25) is 0 Å². The second-order valence-corrected chi connectivity index (χ2v) is 8.19. The van der Waals surface area contributed by atoms with Gasteiger partial charge in [-0.05, 0) is 39.5 Å². The monoisotopic (exact) mass is 248 g/mol. The van der Waals surface area contributed by atoms with Crippen molar-refractivity contribution < 1.29 is 8.42 Å². The molecule has 0 saturated heterocycles. The van der Waals surface area contributed by atoms with Gasteiger partial charge in [0.05, 0.1) is 4.75 Å². The van der Waals surface area contributed by atoms with E-state index in [4.69, 9.17) is 5.73 Å². The van der Waals surface area contributed by atoms with Gasteiger partial charge in [0, 0.05) is 12.6 Å². The van der Waals surface area contributed by atoms with Crippen molar-refractivity contribution in [2.24, 2.45) is 11.7 Å². The van der Waals surface area contributed by atoms with E-state index in [-0.39, 0.29) is 6.04 Å². The summed E-state index contributed by atoms with van der Waals surface area (Å²) in [6, 6.07) is 0.149. The fourth-order valence-corrected chi connectivity index (χ4v) is 2.79. The van der Waals surface area contributed by atoms with Crippen LogP contribution in [0.4, 0.5) is 0 Å².